The normalized spacial score (nSPS) is 16.6. The third kappa shape index (κ3) is 7.84. The lowest BCUT2D eigenvalue weighted by Crippen LogP contribution is -2.54. The van der Waals surface area contributed by atoms with Gasteiger partial charge < -0.3 is 25.4 Å². The number of rotatable bonds is 6. The van der Waals surface area contributed by atoms with Crippen LogP contribution in [0.5, 0.6) is 0 Å². The Morgan fingerprint density at radius 2 is 1.70 bits per heavy atom. The van der Waals surface area contributed by atoms with Crippen molar-refractivity contribution in [1.82, 2.24) is 15.5 Å². The number of aliphatic carboxylic acids is 1. The summed E-state index contributed by atoms with van der Waals surface area (Å²) in [5, 5.41) is 13.6. The van der Waals surface area contributed by atoms with E-state index in [1.165, 1.54) is 0 Å². The molecule has 0 aromatic carbocycles. The number of piperidine rings is 1. The van der Waals surface area contributed by atoms with Crippen LogP contribution in [0.15, 0.2) is 0 Å². The SMILES string of the molecule is CC(C)C(NC(=O)OC(C)(C)C)C(=O)N1CCC(C(=O)NCC(=O)O)CC1. The Balaban J connectivity index is 2.60. The smallest absolute Gasteiger partial charge is 0.408 e. The van der Waals surface area contributed by atoms with Crippen LogP contribution in [0.3, 0.4) is 0 Å². The number of carboxylic acid groups (broad SMARTS) is 1. The van der Waals surface area contributed by atoms with Crippen LogP contribution in [0, 0.1) is 11.8 Å². The van der Waals surface area contributed by atoms with Crippen LogP contribution in [0.1, 0.15) is 47.5 Å². The van der Waals surface area contributed by atoms with E-state index in [1.807, 2.05) is 13.8 Å². The van der Waals surface area contributed by atoms with Gasteiger partial charge in [-0.25, -0.2) is 4.79 Å². The molecule has 154 valence electrons. The Labute approximate surface area is 159 Å². The van der Waals surface area contributed by atoms with E-state index in [1.54, 1.807) is 25.7 Å². The molecular formula is C18H31N3O6. The lowest BCUT2D eigenvalue weighted by molar-refractivity contribution is -0.140. The van der Waals surface area contributed by atoms with Gasteiger partial charge in [0, 0.05) is 19.0 Å². The molecule has 0 radical (unpaired) electrons. The van der Waals surface area contributed by atoms with Crippen molar-refractivity contribution >= 4 is 23.9 Å². The number of nitrogens with one attached hydrogen (secondary N) is 2. The second-order valence-corrected chi connectivity index (χ2v) is 8.08. The molecule has 3 N–H and O–H groups in total. The standard InChI is InChI=1S/C18H31N3O6/c1-11(2)14(20-17(26)27-18(3,4)5)16(25)21-8-6-12(7-9-21)15(24)19-10-13(22)23/h11-12,14H,6-10H2,1-5H3,(H,19,24)(H,20,26)(H,22,23). The molecule has 9 heteroatoms. The predicted molar refractivity (Wildman–Crippen MR) is 97.9 cm³/mol. The second kappa shape index (κ2) is 9.57. The quantitative estimate of drug-likeness (QED) is 0.626. The van der Waals surface area contributed by atoms with Crippen molar-refractivity contribution in [2.24, 2.45) is 11.8 Å². The van der Waals surface area contributed by atoms with Gasteiger partial charge >= 0.3 is 12.1 Å². The molecule has 1 aliphatic heterocycles. The molecule has 1 heterocycles. The summed E-state index contributed by atoms with van der Waals surface area (Å²) in [5.41, 5.74) is -0.656. The van der Waals surface area contributed by atoms with Crippen LogP contribution in [0.4, 0.5) is 4.79 Å². The van der Waals surface area contributed by atoms with Crippen molar-refractivity contribution in [3.8, 4) is 0 Å². The summed E-state index contributed by atoms with van der Waals surface area (Å²) < 4.78 is 5.23. The largest absolute Gasteiger partial charge is 0.480 e. The minimum atomic E-state index is -1.09. The highest BCUT2D eigenvalue weighted by Gasteiger charge is 2.33. The number of carbonyl (C=O) groups excluding carboxylic acids is 3. The second-order valence-electron chi connectivity index (χ2n) is 8.08. The molecule has 0 aromatic heterocycles. The number of ether oxygens (including phenoxy) is 1. The lowest BCUT2D eigenvalue weighted by Gasteiger charge is -2.35. The molecule has 0 bridgehead atoms. The van der Waals surface area contributed by atoms with E-state index in [2.05, 4.69) is 10.6 Å². The highest BCUT2D eigenvalue weighted by Crippen LogP contribution is 2.19. The minimum absolute atomic E-state index is 0.124. The zero-order valence-corrected chi connectivity index (χ0v) is 16.7. The van der Waals surface area contributed by atoms with Gasteiger partial charge in [0.1, 0.15) is 18.2 Å². The average molecular weight is 385 g/mol. The van der Waals surface area contributed by atoms with Crippen LogP contribution in [-0.2, 0) is 19.1 Å². The van der Waals surface area contributed by atoms with Gasteiger partial charge in [-0.15, -0.1) is 0 Å². The molecule has 1 rings (SSSR count). The Kier molecular flexibility index (Phi) is 8.05. The first-order valence-corrected chi connectivity index (χ1v) is 9.18. The molecule has 1 aliphatic rings. The molecule has 1 fully saturated rings. The third-order valence-electron chi connectivity index (χ3n) is 4.20. The number of nitrogens with zero attached hydrogens (tertiary/aromatic N) is 1. The molecule has 0 saturated carbocycles. The number of hydrogen-bond donors (Lipinski definition) is 3. The molecule has 9 nitrogen and oxygen atoms in total. The van der Waals surface area contributed by atoms with E-state index in [0.717, 1.165) is 0 Å². The van der Waals surface area contributed by atoms with Gasteiger partial charge in [-0.05, 0) is 39.5 Å². The molecule has 1 atom stereocenters. The Morgan fingerprint density at radius 1 is 1.15 bits per heavy atom. The minimum Gasteiger partial charge on any atom is -0.480 e. The molecular weight excluding hydrogens is 354 g/mol. The fourth-order valence-electron chi connectivity index (χ4n) is 2.81. The predicted octanol–water partition coefficient (Wildman–Crippen LogP) is 0.975. The summed E-state index contributed by atoms with van der Waals surface area (Å²) in [7, 11) is 0. The summed E-state index contributed by atoms with van der Waals surface area (Å²) in [6.07, 6.45) is 0.264. The summed E-state index contributed by atoms with van der Waals surface area (Å²) in [4.78, 5) is 48.9. The summed E-state index contributed by atoms with van der Waals surface area (Å²) in [6, 6.07) is -0.711. The monoisotopic (exact) mass is 385 g/mol. The van der Waals surface area contributed by atoms with Gasteiger partial charge in [-0.2, -0.15) is 0 Å². The molecule has 0 aromatic rings. The van der Waals surface area contributed by atoms with E-state index in [0.29, 0.717) is 25.9 Å². The van der Waals surface area contributed by atoms with Crippen molar-refractivity contribution in [3.05, 3.63) is 0 Å². The van der Waals surface area contributed by atoms with Gasteiger partial charge in [0.25, 0.3) is 0 Å². The summed E-state index contributed by atoms with van der Waals surface area (Å²) >= 11 is 0. The number of likely N-dealkylation sites (tertiary alicyclic amines) is 1. The van der Waals surface area contributed by atoms with Gasteiger partial charge in [0.05, 0.1) is 0 Å². The van der Waals surface area contributed by atoms with Crippen LogP contribution in [0.25, 0.3) is 0 Å². The van der Waals surface area contributed by atoms with Crippen molar-refractivity contribution in [3.63, 3.8) is 0 Å². The van der Waals surface area contributed by atoms with E-state index in [-0.39, 0.29) is 23.7 Å². The summed E-state index contributed by atoms with van der Waals surface area (Å²) in [5.74, 6) is -2.05. The molecule has 1 saturated heterocycles. The van der Waals surface area contributed by atoms with E-state index >= 15 is 0 Å². The number of hydrogen-bond acceptors (Lipinski definition) is 5. The molecule has 27 heavy (non-hydrogen) atoms. The maximum Gasteiger partial charge on any atom is 0.408 e. The topological polar surface area (TPSA) is 125 Å². The molecule has 1 unspecified atom stereocenters. The van der Waals surface area contributed by atoms with Crippen LogP contribution in [-0.4, -0.2) is 65.2 Å². The number of amides is 3. The first-order valence-electron chi connectivity index (χ1n) is 9.18. The van der Waals surface area contributed by atoms with Crippen molar-refractivity contribution in [2.45, 2.75) is 59.1 Å². The van der Waals surface area contributed by atoms with Gasteiger partial charge in [-0.3, -0.25) is 14.4 Å². The van der Waals surface area contributed by atoms with E-state index in [9.17, 15) is 19.2 Å². The van der Waals surface area contributed by atoms with Crippen molar-refractivity contribution in [2.75, 3.05) is 19.6 Å². The summed E-state index contributed by atoms with van der Waals surface area (Å²) in [6.45, 7) is 9.27. The average Bonchev–Trinajstić information content (AvgIpc) is 2.55. The molecule has 3 amide bonds. The number of carbonyl (C=O) groups is 4. The highest BCUT2D eigenvalue weighted by molar-refractivity contribution is 5.87. The molecule has 0 spiro atoms. The first-order chi connectivity index (χ1) is 12.4. The van der Waals surface area contributed by atoms with Gasteiger partial charge in [-0.1, -0.05) is 13.8 Å². The van der Waals surface area contributed by atoms with E-state index in [4.69, 9.17) is 9.84 Å². The van der Waals surface area contributed by atoms with Gasteiger partial charge in [0.2, 0.25) is 11.8 Å². The van der Waals surface area contributed by atoms with Crippen LogP contribution in [0.2, 0.25) is 0 Å². The maximum atomic E-state index is 12.8. The van der Waals surface area contributed by atoms with Gasteiger partial charge in [0.15, 0.2) is 0 Å². The van der Waals surface area contributed by atoms with Crippen molar-refractivity contribution < 1.29 is 29.0 Å². The lowest BCUT2D eigenvalue weighted by atomic mass is 9.94. The Morgan fingerprint density at radius 3 is 2.15 bits per heavy atom. The highest BCUT2D eigenvalue weighted by atomic mass is 16.6. The number of alkyl carbamates (subject to hydrolysis) is 1. The molecule has 0 aliphatic carbocycles. The Hall–Kier alpha value is -2.32. The maximum absolute atomic E-state index is 12.8. The number of carboxylic acids is 1. The third-order valence-corrected chi connectivity index (χ3v) is 4.20. The zero-order valence-electron chi connectivity index (χ0n) is 16.7. The fraction of sp³-hybridized carbons (Fsp3) is 0.778. The fourth-order valence-corrected chi connectivity index (χ4v) is 2.81. The van der Waals surface area contributed by atoms with Crippen LogP contribution >= 0.6 is 0 Å². The van der Waals surface area contributed by atoms with E-state index < -0.39 is 30.3 Å². The zero-order chi connectivity index (χ0) is 20.8. The first kappa shape index (κ1) is 22.7. The van der Waals surface area contributed by atoms with Crippen LogP contribution < -0.4 is 10.6 Å². The Bertz CT molecular complexity index is 562. The van der Waals surface area contributed by atoms with Crippen molar-refractivity contribution in [1.29, 1.82) is 0 Å².